The Hall–Kier alpha value is -8.11. The molecule has 2 heterocycles. The number of nitrogens with zero attached hydrogens (tertiary/aromatic N) is 2. The number of halogens is 5. The number of benzene rings is 5. The van der Waals surface area contributed by atoms with Gasteiger partial charge in [0.1, 0.15) is 12.1 Å². The highest BCUT2D eigenvalue weighted by Crippen LogP contribution is 2.29. The monoisotopic (exact) mass is 1110 g/mol. The first kappa shape index (κ1) is 53.2. The lowest BCUT2D eigenvalue weighted by Crippen LogP contribution is -2.45. The molecule has 0 bridgehead atoms. The van der Waals surface area contributed by atoms with Crippen LogP contribution in [0.25, 0.3) is 11.1 Å². The molecule has 0 spiro atoms. The fraction of sp³-hybridized carbons (Fsp3) is 0.0980. The third kappa shape index (κ3) is 15.4. The van der Waals surface area contributed by atoms with Gasteiger partial charge < -0.3 is 21.3 Å². The average molecular weight is 1110 g/mol. The summed E-state index contributed by atoms with van der Waals surface area (Å²) in [6, 6.07) is 34.6. The molecule has 5 aromatic carbocycles. The van der Waals surface area contributed by atoms with Crippen LogP contribution in [0.3, 0.4) is 0 Å². The number of aromatic nitrogens is 2. The molecule has 0 aliphatic rings. The Bertz CT molecular complexity index is 3030. The number of hydroxylamine groups is 2. The number of nitrogens with one attached hydrogen (secondary N) is 6. The lowest BCUT2D eigenvalue weighted by molar-refractivity contribution is -0.137. The maximum absolute atomic E-state index is 13.2. The van der Waals surface area contributed by atoms with E-state index in [2.05, 4.69) is 63.1 Å². The molecule has 0 unspecified atom stereocenters. The zero-order chi connectivity index (χ0) is 51.8. The molecular formula is C51H41Br2F3N8O8. The van der Waals surface area contributed by atoms with Crippen LogP contribution in [0.15, 0.2) is 173 Å². The van der Waals surface area contributed by atoms with Gasteiger partial charge in [-0.3, -0.25) is 49.1 Å². The van der Waals surface area contributed by atoms with E-state index in [0.717, 1.165) is 28.8 Å². The molecule has 8 N–H and O–H groups in total. The number of anilines is 2. The van der Waals surface area contributed by atoms with Crippen molar-refractivity contribution in [2.45, 2.75) is 31.1 Å². The lowest BCUT2D eigenvalue weighted by atomic mass is 10.00. The summed E-state index contributed by atoms with van der Waals surface area (Å²) >= 11 is 6.51. The molecule has 0 fully saturated rings. The van der Waals surface area contributed by atoms with Crippen LogP contribution in [0.2, 0.25) is 0 Å². The summed E-state index contributed by atoms with van der Waals surface area (Å²) in [5.41, 5.74) is 7.17. The number of carbonyl (C=O) groups is 6. The van der Waals surface area contributed by atoms with Gasteiger partial charge in [-0.05, 0) is 127 Å². The fourth-order valence-electron chi connectivity index (χ4n) is 6.74. The summed E-state index contributed by atoms with van der Waals surface area (Å²) < 4.78 is 39.8. The van der Waals surface area contributed by atoms with Crippen LogP contribution in [0, 0.1) is 0 Å². The molecule has 0 aliphatic carbocycles. The Balaban J connectivity index is 0.000000236. The SMILES string of the molecule is O=C(NO)c1ccc(NC(=O)[C@H](Cc2ccc(-c3ccccc3)cc2)NC(=O)c2cncc(Br)c2)cc1.O=C(NO)c1ccc(NC(=O)[C@H](Cc2ccc(C(F)(F)F)cc2)NC(=O)c2cncc(Br)c2)cc1. The molecule has 2 aromatic heterocycles. The summed E-state index contributed by atoms with van der Waals surface area (Å²) in [4.78, 5) is 82.8. The van der Waals surface area contributed by atoms with Crippen molar-refractivity contribution in [3.63, 3.8) is 0 Å². The lowest BCUT2D eigenvalue weighted by Gasteiger charge is -2.19. The van der Waals surface area contributed by atoms with Gasteiger partial charge in [-0.2, -0.15) is 13.2 Å². The second kappa shape index (κ2) is 25.1. The standard InChI is InChI=1S/C28H23BrN4O4.C23H18BrF3N4O4/c29-23-15-22(16-30-17-23)26(34)32-25(28(36)31-24-12-10-21(11-13-24)27(35)33-37)14-18-6-8-20(9-7-18)19-4-2-1-3-5-19;24-17-10-15(11-28-12-17)20(32)30-19(9-13-1-5-16(6-2-13)23(25,26)27)22(34)29-18-7-3-14(4-8-18)21(33)31-35/h1-13,15-17,25,37H,14H2,(H,31,36)(H,32,34)(H,33,35);1-8,10-12,19,35H,9H2,(H,29,34)(H,30,32)(H,31,33)/t25-;19-/m00/s1. The molecule has 0 radical (unpaired) electrons. The summed E-state index contributed by atoms with van der Waals surface area (Å²) in [7, 11) is 0. The molecule has 72 heavy (non-hydrogen) atoms. The van der Waals surface area contributed by atoms with Crippen LogP contribution in [-0.2, 0) is 28.6 Å². The molecule has 7 rings (SSSR count). The molecule has 21 heteroatoms. The maximum Gasteiger partial charge on any atom is 0.416 e. The summed E-state index contributed by atoms with van der Waals surface area (Å²) in [5, 5.41) is 28.2. The normalized spacial score (nSPS) is 11.6. The Morgan fingerprint density at radius 3 is 1.25 bits per heavy atom. The second-order valence-corrected chi connectivity index (χ2v) is 17.3. The highest BCUT2D eigenvalue weighted by atomic mass is 79.9. The Labute approximate surface area is 425 Å². The van der Waals surface area contributed by atoms with E-state index in [1.165, 1.54) is 90.8 Å². The van der Waals surface area contributed by atoms with E-state index in [0.29, 0.717) is 31.4 Å². The first-order chi connectivity index (χ1) is 34.5. The number of pyridine rings is 2. The van der Waals surface area contributed by atoms with Crippen LogP contribution in [0.5, 0.6) is 0 Å². The van der Waals surface area contributed by atoms with E-state index in [1.54, 1.807) is 17.7 Å². The van der Waals surface area contributed by atoms with Crippen molar-refractivity contribution < 1.29 is 52.4 Å². The zero-order valence-electron chi connectivity index (χ0n) is 37.3. The summed E-state index contributed by atoms with van der Waals surface area (Å²) in [5.74, 6) is -3.52. The number of amides is 6. The molecule has 0 saturated heterocycles. The highest BCUT2D eigenvalue weighted by Gasteiger charge is 2.31. The number of hydrogen-bond acceptors (Lipinski definition) is 10. The zero-order valence-corrected chi connectivity index (χ0v) is 40.5. The van der Waals surface area contributed by atoms with E-state index < -0.39 is 59.3 Å². The van der Waals surface area contributed by atoms with Crippen molar-refractivity contribution in [2.75, 3.05) is 10.6 Å². The maximum atomic E-state index is 13.2. The summed E-state index contributed by atoms with van der Waals surface area (Å²) in [6.45, 7) is 0. The molecule has 6 amide bonds. The van der Waals surface area contributed by atoms with Gasteiger partial charge >= 0.3 is 6.18 Å². The fourth-order valence-corrected chi connectivity index (χ4v) is 7.47. The minimum Gasteiger partial charge on any atom is -0.340 e. The van der Waals surface area contributed by atoms with E-state index in [9.17, 15) is 41.9 Å². The van der Waals surface area contributed by atoms with Gasteiger partial charge in [-0.25, -0.2) is 11.0 Å². The van der Waals surface area contributed by atoms with Gasteiger partial charge in [-0.15, -0.1) is 0 Å². The van der Waals surface area contributed by atoms with E-state index in [1.807, 2.05) is 54.6 Å². The first-order valence-corrected chi connectivity index (χ1v) is 22.9. The predicted octanol–water partition coefficient (Wildman–Crippen LogP) is 8.57. The Morgan fingerprint density at radius 2 is 0.875 bits per heavy atom. The number of carbonyl (C=O) groups excluding carboxylic acids is 6. The molecular weight excluding hydrogens is 1070 g/mol. The van der Waals surface area contributed by atoms with Crippen LogP contribution in [0.1, 0.15) is 58.1 Å². The van der Waals surface area contributed by atoms with Crippen molar-refractivity contribution in [2.24, 2.45) is 0 Å². The van der Waals surface area contributed by atoms with Crippen LogP contribution in [0.4, 0.5) is 24.5 Å². The van der Waals surface area contributed by atoms with Crippen molar-refractivity contribution in [1.29, 1.82) is 0 Å². The van der Waals surface area contributed by atoms with Crippen LogP contribution in [-0.4, -0.2) is 67.9 Å². The smallest absolute Gasteiger partial charge is 0.340 e. The largest absolute Gasteiger partial charge is 0.416 e. The minimum absolute atomic E-state index is 0.0951. The predicted molar refractivity (Wildman–Crippen MR) is 266 cm³/mol. The van der Waals surface area contributed by atoms with E-state index in [4.69, 9.17) is 10.4 Å². The summed E-state index contributed by atoms with van der Waals surface area (Å²) in [6.07, 6.45) is 1.42. The second-order valence-electron chi connectivity index (χ2n) is 15.5. The van der Waals surface area contributed by atoms with E-state index >= 15 is 0 Å². The number of hydrogen-bond donors (Lipinski definition) is 8. The van der Waals surface area contributed by atoms with Crippen LogP contribution < -0.4 is 32.2 Å². The molecule has 0 saturated carbocycles. The highest BCUT2D eigenvalue weighted by molar-refractivity contribution is 9.10. The van der Waals surface area contributed by atoms with Crippen molar-refractivity contribution >= 4 is 78.7 Å². The van der Waals surface area contributed by atoms with Crippen LogP contribution >= 0.6 is 31.9 Å². The van der Waals surface area contributed by atoms with Crippen molar-refractivity contribution in [1.82, 2.24) is 31.6 Å². The topological polar surface area (TPSA) is 241 Å². The average Bonchev–Trinajstić information content (AvgIpc) is 3.38. The number of alkyl halides is 3. The molecule has 0 aliphatic heterocycles. The molecule has 7 aromatic rings. The first-order valence-electron chi connectivity index (χ1n) is 21.3. The van der Waals surface area contributed by atoms with Gasteiger partial charge in [0.05, 0.1) is 16.7 Å². The van der Waals surface area contributed by atoms with Gasteiger partial charge in [0.2, 0.25) is 11.8 Å². The molecule has 2 atom stereocenters. The Morgan fingerprint density at radius 1 is 0.486 bits per heavy atom. The van der Waals surface area contributed by atoms with Gasteiger partial charge in [0.15, 0.2) is 0 Å². The van der Waals surface area contributed by atoms with Gasteiger partial charge in [0.25, 0.3) is 23.6 Å². The quantitative estimate of drug-likeness (QED) is 0.0359. The van der Waals surface area contributed by atoms with Gasteiger partial charge in [0, 0.05) is 69.1 Å². The third-order valence-corrected chi connectivity index (χ3v) is 11.3. The minimum atomic E-state index is -4.50. The van der Waals surface area contributed by atoms with Gasteiger partial charge in [-0.1, -0.05) is 66.7 Å². The Kier molecular flexibility index (Phi) is 18.6. The molecule has 368 valence electrons. The molecule has 16 nitrogen and oxygen atoms in total. The third-order valence-electron chi connectivity index (χ3n) is 10.4. The van der Waals surface area contributed by atoms with Crippen molar-refractivity contribution in [3.05, 3.63) is 212 Å². The van der Waals surface area contributed by atoms with Crippen molar-refractivity contribution in [3.8, 4) is 11.1 Å². The van der Waals surface area contributed by atoms with E-state index in [-0.39, 0.29) is 29.5 Å². The number of rotatable bonds is 15.